The Kier molecular flexibility index (Phi) is 7.93. The molecule has 0 radical (unpaired) electrons. The number of nitrogens with zero attached hydrogens (tertiary/aromatic N) is 6. The molecule has 0 spiro atoms. The first-order valence-electron chi connectivity index (χ1n) is 11.9. The van der Waals surface area contributed by atoms with E-state index in [-0.39, 0.29) is 28.8 Å². The van der Waals surface area contributed by atoms with E-state index in [0.717, 1.165) is 23.9 Å². The Labute approximate surface area is 227 Å². The van der Waals surface area contributed by atoms with Gasteiger partial charge in [0.05, 0.1) is 31.8 Å². The van der Waals surface area contributed by atoms with Crippen LogP contribution in [0, 0.1) is 28.4 Å². The van der Waals surface area contributed by atoms with Crippen LogP contribution in [-0.2, 0) is 0 Å². The first-order valence-corrected chi connectivity index (χ1v) is 12.6. The summed E-state index contributed by atoms with van der Waals surface area (Å²) in [5.74, 6) is -0.503. The fourth-order valence-corrected chi connectivity index (χ4v) is 4.79. The molecule has 1 aliphatic rings. The van der Waals surface area contributed by atoms with Gasteiger partial charge in [-0.2, -0.15) is 10.4 Å². The number of carbonyl (C=O) groups is 2. The summed E-state index contributed by atoms with van der Waals surface area (Å²) in [7, 11) is 0. The van der Waals surface area contributed by atoms with Gasteiger partial charge < -0.3 is 4.90 Å². The van der Waals surface area contributed by atoms with Crippen molar-refractivity contribution in [3.8, 4) is 6.07 Å². The summed E-state index contributed by atoms with van der Waals surface area (Å²) < 4.78 is 0.302. The Bertz CT molecular complexity index is 1480. The lowest BCUT2D eigenvalue weighted by Crippen LogP contribution is -2.33. The van der Waals surface area contributed by atoms with Crippen LogP contribution in [0.15, 0.2) is 69.3 Å². The van der Waals surface area contributed by atoms with Gasteiger partial charge in [0.2, 0.25) is 0 Å². The monoisotopic (exact) mass is 574 g/mol. The van der Waals surface area contributed by atoms with Crippen molar-refractivity contribution >= 4 is 50.5 Å². The highest BCUT2D eigenvalue weighted by Crippen LogP contribution is 2.35. The predicted octanol–water partition coefficient (Wildman–Crippen LogP) is 6.47. The topological polar surface area (TPSA) is 132 Å². The average molecular weight is 575 g/mol. The Hall–Kier alpha value is -4.43. The number of fused-ring (bicyclic) bond motifs is 1. The van der Waals surface area contributed by atoms with Gasteiger partial charge in [-0.05, 0) is 72.1 Å². The van der Waals surface area contributed by atoms with Crippen molar-refractivity contribution in [3.63, 3.8) is 0 Å². The number of hydrogen-bond acceptors (Lipinski definition) is 8. The van der Waals surface area contributed by atoms with Crippen LogP contribution in [0.2, 0.25) is 0 Å². The lowest BCUT2D eigenvalue weighted by atomic mass is 10.1. The SMILES string of the molecule is CCN(CCCN1C(=O)c2ccccc2C1=O)c1ccc(/N=N/c2c(Br)cc([N+](=O)[O-])cc2C#N)c(C)c1. The molecule has 0 bridgehead atoms. The lowest BCUT2D eigenvalue weighted by molar-refractivity contribution is -0.384. The summed E-state index contributed by atoms with van der Waals surface area (Å²) >= 11 is 3.24. The minimum absolute atomic E-state index is 0.0410. The molecule has 3 aromatic carbocycles. The van der Waals surface area contributed by atoms with Crippen LogP contribution in [0.1, 0.15) is 45.2 Å². The summed E-state index contributed by atoms with van der Waals surface area (Å²) in [4.78, 5) is 39.1. The van der Waals surface area contributed by atoms with Gasteiger partial charge in [-0.3, -0.25) is 24.6 Å². The zero-order valence-corrected chi connectivity index (χ0v) is 22.3. The fraction of sp³-hybridized carbons (Fsp3) is 0.222. The largest absolute Gasteiger partial charge is 0.372 e. The number of aryl methyl sites for hydroxylation is 1. The molecule has 0 fully saturated rings. The molecule has 3 aromatic rings. The van der Waals surface area contributed by atoms with E-state index in [2.05, 4.69) is 31.1 Å². The lowest BCUT2D eigenvalue weighted by Gasteiger charge is -2.25. The summed E-state index contributed by atoms with van der Waals surface area (Å²) in [5.41, 5.74) is 3.34. The van der Waals surface area contributed by atoms with E-state index in [4.69, 9.17) is 0 Å². The third-order valence-electron chi connectivity index (χ3n) is 6.25. The van der Waals surface area contributed by atoms with Crippen molar-refractivity contribution in [3.05, 3.63) is 91.4 Å². The molecule has 0 unspecified atom stereocenters. The van der Waals surface area contributed by atoms with Crippen LogP contribution in [0.4, 0.5) is 22.7 Å². The maximum absolute atomic E-state index is 12.6. The molecule has 0 aromatic heterocycles. The standard InChI is InChI=1S/C27H23BrN6O4/c1-3-32(11-6-12-33-26(35)21-7-4-5-8-22(21)27(33)36)19-9-10-24(17(2)13-19)30-31-25-18(16-29)14-20(34(37)38)15-23(25)28/h4-5,7-10,13-15H,3,6,11-12H2,1-2H3/b31-30+. The van der Waals surface area contributed by atoms with Crippen molar-refractivity contribution in [2.75, 3.05) is 24.5 Å². The quantitative estimate of drug-likeness (QED) is 0.124. The molecule has 11 heteroatoms. The molecule has 0 N–H and O–H groups in total. The molecule has 2 amide bonds. The molecular formula is C27H23BrN6O4. The number of rotatable bonds is 9. The maximum atomic E-state index is 12.6. The number of halogens is 1. The molecule has 38 heavy (non-hydrogen) atoms. The Balaban J connectivity index is 1.44. The maximum Gasteiger partial charge on any atom is 0.272 e. The molecule has 1 aliphatic heterocycles. The second-order valence-electron chi connectivity index (χ2n) is 8.60. The van der Waals surface area contributed by atoms with Crippen LogP contribution in [0.25, 0.3) is 0 Å². The van der Waals surface area contributed by atoms with Gasteiger partial charge in [-0.1, -0.05) is 12.1 Å². The number of non-ortho nitro benzene ring substituents is 1. The van der Waals surface area contributed by atoms with E-state index in [9.17, 15) is 25.0 Å². The Morgan fingerprint density at radius 2 is 1.76 bits per heavy atom. The van der Waals surface area contributed by atoms with Crippen molar-refractivity contribution < 1.29 is 14.5 Å². The first kappa shape index (κ1) is 26.6. The van der Waals surface area contributed by atoms with E-state index in [1.165, 1.54) is 11.0 Å². The second kappa shape index (κ2) is 11.3. The molecule has 1 heterocycles. The van der Waals surface area contributed by atoms with Crippen LogP contribution in [0.3, 0.4) is 0 Å². The molecule has 0 saturated heterocycles. The number of carbonyl (C=O) groups excluding carboxylic acids is 2. The number of amides is 2. The van der Waals surface area contributed by atoms with Gasteiger partial charge >= 0.3 is 0 Å². The van der Waals surface area contributed by atoms with Gasteiger partial charge in [0, 0.05) is 37.5 Å². The van der Waals surface area contributed by atoms with Gasteiger partial charge in [0.1, 0.15) is 11.8 Å². The van der Waals surface area contributed by atoms with Crippen molar-refractivity contribution in [2.45, 2.75) is 20.3 Å². The number of imide groups is 1. The van der Waals surface area contributed by atoms with E-state index >= 15 is 0 Å². The average Bonchev–Trinajstić information content (AvgIpc) is 3.15. The van der Waals surface area contributed by atoms with Gasteiger partial charge in [0.25, 0.3) is 17.5 Å². The number of nitro benzene ring substituents is 1. The number of benzene rings is 3. The van der Waals surface area contributed by atoms with Crippen molar-refractivity contribution in [2.24, 2.45) is 10.2 Å². The van der Waals surface area contributed by atoms with E-state index in [0.29, 0.717) is 40.8 Å². The van der Waals surface area contributed by atoms with Gasteiger partial charge in [0.15, 0.2) is 0 Å². The highest BCUT2D eigenvalue weighted by Gasteiger charge is 2.34. The molecule has 0 saturated carbocycles. The van der Waals surface area contributed by atoms with Crippen LogP contribution < -0.4 is 4.90 Å². The minimum Gasteiger partial charge on any atom is -0.372 e. The number of anilines is 1. The normalized spacial score (nSPS) is 12.6. The van der Waals surface area contributed by atoms with Crippen molar-refractivity contribution in [1.29, 1.82) is 5.26 Å². The van der Waals surface area contributed by atoms with Crippen LogP contribution in [0.5, 0.6) is 0 Å². The third kappa shape index (κ3) is 5.31. The zero-order chi connectivity index (χ0) is 27.4. The minimum atomic E-state index is -0.575. The molecule has 0 aliphatic carbocycles. The van der Waals surface area contributed by atoms with E-state index < -0.39 is 4.92 Å². The molecular weight excluding hydrogens is 552 g/mol. The number of nitriles is 1. The molecule has 4 rings (SSSR count). The predicted molar refractivity (Wildman–Crippen MR) is 145 cm³/mol. The second-order valence-corrected chi connectivity index (χ2v) is 9.46. The number of hydrogen-bond donors (Lipinski definition) is 0. The van der Waals surface area contributed by atoms with E-state index in [1.807, 2.05) is 38.1 Å². The first-order chi connectivity index (χ1) is 18.2. The molecule has 192 valence electrons. The zero-order valence-electron chi connectivity index (χ0n) is 20.7. The molecule has 0 atom stereocenters. The third-order valence-corrected chi connectivity index (χ3v) is 6.86. The van der Waals surface area contributed by atoms with Gasteiger partial charge in [-0.25, -0.2) is 0 Å². The molecule has 10 nitrogen and oxygen atoms in total. The summed E-state index contributed by atoms with van der Waals surface area (Å²) in [5, 5.41) is 28.9. The Morgan fingerprint density at radius 3 is 2.34 bits per heavy atom. The number of nitro groups is 1. The smallest absolute Gasteiger partial charge is 0.272 e. The fourth-order valence-electron chi connectivity index (χ4n) is 4.26. The van der Waals surface area contributed by atoms with Crippen LogP contribution in [-0.4, -0.2) is 41.3 Å². The Morgan fingerprint density at radius 1 is 1.08 bits per heavy atom. The van der Waals surface area contributed by atoms with Crippen molar-refractivity contribution in [1.82, 2.24) is 4.90 Å². The number of azo groups is 1. The highest BCUT2D eigenvalue weighted by atomic mass is 79.9. The summed E-state index contributed by atoms with van der Waals surface area (Å²) in [6.07, 6.45) is 0.616. The highest BCUT2D eigenvalue weighted by molar-refractivity contribution is 9.10. The van der Waals surface area contributed by atoms with Crippen LogP contribution >= 0.6 is 15.9 Å². The van der Waals surface area contributed by atoms with E-state index in [1.54, 1.807) is 24.3 Å². The summed E-state index contributed by atoms with van der Waals surface area (Å²) in [6, 6.07) is 16.9. The van der Waals surface area contributed by atoms with Gasteiger partial charge in [-0.15, -0.1) is 5.11 Å². The summed E-state index contributed by atoms with van der Waals surface area (Å²) in [6.45, 7) is 5.62.